The Hall–Kier alpha value is -1.71. The number of sulfonamides is 1. The number of nitrogens with one attached hydrogen (secondary N) is 1. The second kappa shape index (κ2) is 11.8. The van der Waals surface area contributed by atoms with Crippen molar-refractivity contribution in [1.29, 1.82) is 0 Å². The first-order chi connectivity index (χ1) is 15.7. The van der Waals surface area contributed by atoms with Crippen LogP contribution in [0.25, 0.3) is 0 Å². The van der Waals surface area contributed by atoms with Gasteiger partial charge in [0.25, 0.3) is 0 Å². The van der Waals surface area contributed by atoms with Gasteiger partial charge in [-0.05, 0) is 50.6 Å². The molecule has 2 aromatic rings. The zero-order valence-corrected chi connectivity index (χ0v) is 22.8. The second-order valence-electron chi connectivity index (χ2n) is 7.95. The van der Waals surface area contributed by atoms with Crippen LogP contribution >= 0.6 is 46.4 Å². The van der Waals surface area contributed by atoms with E-state index in [1.54, 1.807) is 39.0 Å². The zero-order chi connectivity index (χ0) is 25.8. The highest BCUT2D eigenvalue weighted by molar-refractivity contribution is 7.92. The maximum Gasteiger partial charge on any atom is 0.244 e. The Bertz CT molecular complexity index is 1170. The molecule has 0 unspecified atom stereocenters. The summed E-state index contributed by atoms with van der Waals surface area (Å²) in [5, 5.41) is 3.52. The van der Waals surface area contributed by atoms with Crippen LogP contribution in [0.2, 0.25) is 20.1 Å². The van der Waals surface area contributed by atoms with E-state index in [-0.39, 0.29) is 33.3 Å². The fourth-order valence-corrected chi connectivity index (χ4v) is 4.72. The predicted molar refractivity (Wildman–Crippen MR) is 138 cm³/mol. The highest BCUT2D eigenvalue weighted by atomic mass is 35.5. The number of carbonyl (C=O) groups is 2. The van der Waals surface area contributed by atoms with E-state index >= 15 is 0 Å². The highest BCUT2D eigenvalue weighted by Crippen LogP contribution is 2.34. The third-order valence-corrected chi connectivity index (χ3v) is 7.49. The molecule has 2 amide bonds. The molecule has 0 spiro atoms. The number of halogens is 4. The fraction of sp³-hybridized carbons (Fsp3) is 0.364. The summed E-state index contributed by atoms with van der Waals surface area (Å²) >= 11 is 24.4. The summed E-state index contributed by atoms with van der Waals surface area (Å²) in [5.41, 5.74) is 0.664. The largest absolute Gasteiger partial charge is 0.352 e. The van der Waals surface area contributed by atoms with E-state index in [4.69, 9.17) is 46.4 Å². The van der Waals surface area contributed by atoms with Crippen LogP contribution < -0.4 is 9.62 Å². The van der Waals surface area contributed by atoms with Gasteiger partial charge in [-0.15, -0.1) is 0 Å². The lowest BCUT2D eigenvalue weighted by atomic mass is 10.1. The van der Waals surface area contributed by atoms with E-state index in [0.29, 0.717) is 10.6 Å². The topological polar surface area (TPSA) is 86.8 Å². The number of hydrogen-bond donors (Lipinski definition) is 1. The van der Waals surface area contributed by atoms with Crippen molar-refractivity contribution in [3.8, 4) is 0 Å². The average Bonchev–Trinajstić information content (AvgIpc) is 2.73. The van der Waals surface area contributed by atoms with E-state index < -0.39 is 34.4 Å². The molecule has 186 valence electrons. The summed E-state index contributed by atoms with van der Waals surface area (Å²) in [4.78, 5) is 27.5. The Morgan fingerprint density at radius 1 is 0.971 bits per heavy atom. The van der Waals surface area contributed by atoms with Crippen molar-refractivity contribution in [2.45, 2.75) is 39.4 Å². The smallest absolute Gasteiger partial charge is 0.244 e. The summed E-state index contributed by atoms with van der Waals surface area (Å²) in [6, 6.07) is 8.23. The van der Waals surface area contributed by atoms with Crippen LogP contribution in [-0.4, -0.2) is 50.0 Å². The van der Waals surface area contributed by atoms with E-state index in [0.717, 1.165) is 10.6 Å². The van der Waals surface area contributed by atoms with Gasteiger partial charge >= 0.3 is 0 Å². The normalized spacial score (nSPS) is 12.4. The van der Waals surface area contributed by atoms with Gasteiger partial charge in [-0.2, -0.15) is 0 Å². The van der Waals surface area contributed by atoms with Gasteiger partial charge in [0.05, 0.1) is 32.0 Å². The summed E-state index contributed by atoms with van der Waals surface area (Å²) in [6.07, 6.45) is 0.954. The lowest BCUT2D eigenvalue weighted by molar-refractivity contribution is -0.139. The van der Waals surface area contributed by atoms with Gasteiger partial charge in [0, 0.05) is 12.6 Å². The molecule has 0 saturated carbocycles. The van der Waals surface area contributed by atoms with Crippen LogP contribution in [0.5, 0.6) is 0 Å². The lowest BCUT2D eigenvalue weighted by Gasteiger charge is -2.32. The zero-order valence-electron chi connectivity index (χ0n) is 19.0. The van der Waals surface area contributed by atoms with Crippen LogP contribution in [0.15, 0.2) is 36.4 Å². The molecular formula is C22H25Cl4N3O4S. The third kappa shape index (κ3) is 7.39. The van der Waals surface area contributed by atoms with Crippen LogP contribution in [0.3, 0.4) is 0 Å². The summed E-state index contributed by atoms with van der Waals surface area (Å²) in [5.74, 6) is -1.02. The van der Waals surface area contributed by atoms with E-state index in [2.05, 4.69) is 5.32 Å². The molecule has 2 rings (SSSR count). The van der Waals surface area contributed by atoms with Crippen molar-refractivity contribution in [2.75, 3.05) is 17.1 Å². The molecule has 34 heavy (non-hydrogen) atoms. The Kier molecular flexibility index (Phi) is 9.91. The fourth-order valence-electron chi connectivity index (χ4n) is 3.10. The van der Waals surface area contributed by atoms with Crippen molar-refractivity contribution in [2.24, 2.45) is 0 Å². The SMILES string of the molecule is CC(C)NC(=O)[C@@H](C)N(Cc1ccc(Cl)c(Cl)c1)C(=O)CN(c1cccc(Cl)c1Cl)S(C)(=O)=O. The van der Waals surface area contributed by atoms with Gasteiger partial charge in [0.1, 0.15) is 12.6 Å². The Morgan fingerprint density at radius 2 is 1.62 bits per heavy atom. The molecule has 0 saturated heterocycles. The minimum absolute atomic E-state index is 0.0102. The monoisotopic (exact) mass is 567 g/mol. The Balaban J connectivity index is 2.46. The van der Waals surface area contributed by atoms with Crippen molar-refractivity contribution in [3.05, 3.63) is 62.1 Å². The molecule has 1 N–H and O–H groups in total. The van der Waals surface area contributed by atoms with Crippen molar-refractivity contribution in [3.63, 3.8) is 0 Å². The maximum atomic E-state index is 13.5. The van der Waals surface area contributed by atoms with E-state index in [1.165, 1.54) is 23.1 Å². The standard InChI is InChI=1S/C22H25Cl4N3O4S/c1-13(2)27-22(31)14(3)28(11-15-8-9-16(23)18(25)10-15)20(30)12-29(34(4,32)33)19-7-5-6-17(24)21(19)26/h5-10,13-14H,11-12H2,1-4H3,(H,27,31)/t14-/m1/s1. The first-order valence-electron chi connectivity index (χ1n) is 10.2. The van der Waals surface area contributed by atoms with Crippen LogP contribution in [0, 0.1) is 0 Å². The number of benzene rings is 2. The van der Waals surface area contributed by atoms with Crippen LogP contribution in [-0.2, 0) is 26.2 Å². The minimum Gasteiger partial charge on any atom is -0.352 e. The molecule has 0 heterocycles. The van der Waals surface area contributed by atoms with E-state index in [9.17, 15) is 18.0 Å². The number of nitrogens with zero attached hydrogens (tertiary/aromatic N) is 2. The third-order valence-electron chi connectivity index (χ3n) is 4.81. The molecule has 0 radical (unpaired) electrons. The van der Waals surface area contributed by atoms with Crippen LogP contribution in [0.1, 0.15) is 26.3 Å². The molecule has 12 heteroatoms. The van der Waals surface area contributed by atoms with Gasteiger partial charge in [0.15, 0.2) is 0 Å². The summed E-state index contributed by atoms with van der Waals surface area (Å²) < 4.78 is 26.0. The molecule has 0 aliphatic rings. The van der Waals surface area contributed by atoms with E-state index in [1.807, 2.05) is 0 Å². The number of carbonyl (C=O) groups excluding carboxylic acids is 2. The molecule has 0 aromatic heterocycles. The van der Waals surface area contributed by atoms with Crippen LogP contribution in [0.4, 0.5) is 5.69 Å². The van der Waals surface area contributed by atoms with Crippen molar-refractivity contribution >= 4 is 73.9 Å². The Morgan fingerprint density at radius 3 is 2.18 bits per heavy atom. The summed E-state index contributed by atoms with van der Waals surface area (Å²) in [7, 11) is -3.93. The molecule has 0 aliphatic carbocycles. The van der Waals surface area contributed by atoms with Crippen molar-refractivity contribution in [1.82, 2.24) is 10.2 Å². The Labute approximate surface area is 220 Å². The van der Waals surface area contributed by atoms with Gasteiger partial charge < -0.3 is 10.2 Å². The van der Waals surface area contributed by atoms with Gasteiger partial charge in [0.2, 0.25) is 21.8 Å². The average molecular weight is 569 g/mol. The van der Waals surface area contributed by atoms with Gasteiger partial charge in [-0.25, -0.2) is 8.42 Å². The quantitative estimate of drug-likeness (QED) is 0.461. The second-order valence-corrected chi connectivity index (χ2v) is 11.5. The predicted octanol–water partition coefficient (Wildman–Crippen LogP) is 5.01. The molecule has 2 aromatic carbocycles. The number of hydrogen-bond acceptors (Lipinski definition) is 4. The maximum absolute atomic E-state index is 13.5. The number of rotatable bonds is 9. The molecule has 7 nitrogen and oxygen atoms in total. The highest BCUT2D eigenvalue weighted by Gasteiger charge is 2.31. The van der Waals surface area contributed by atoms with Crippen molar-refractivity contribution < 1.29 is 18.0 Å². The molecular weight excluding hydrogens is 544 g/mol. The summed E-state index contributed by atoms with van der Waals surface area (Å²) in [6.45, 7) is 4.54. The van der Waals surface area contributed by atoms with Gasteiger partial charge in [-0.3, -0.25) is 13.9 Å². The molecule has 0 aliphatic heterocycles. The first kappa shape index (κ1) is 28.5. The lowest BCUT2D eigenvalue weighted by Crippen LogP contribution is -2.52. The minimum atomic E-state index is -3.93. The number of amides is 2. The molecule has 1 atom stereocenters. The molecule has 0 bridgehead atoms. The van der Waals surface area contributed by atoms with Gasteiger partial charge in [-0.1, -0.05) is 58.5 Å². The molecule has 0 fully saturated rings. The number of anilines is 1. The first-order valence-corrected chi connectivity index (χ1v) is 13.5.